The molecule has 6 heteroatoms. The number of carbonyl (C=O) groups is 1. The predicted molar refractivity (Wildman–Crippen MR) is 80.0 cm³/mol. The highest BCUT2D eigenvalue weighted by molar-refractivity contribution is 7.15. The molecule has 2 rings (SSSR count). The summed E-state index contributed by atoms with van der Waals surface area (Å²) < 4.78 is 0. The van der Waals surface area contributed by atoms with Gasteiger partial charge >= 0.3 is 0 Å². The zero-order chi connectivity index (χ0) is 14.0. The molecule has 3 N–H and O–H groups in total. The first-order valence-electron chi connectivity index (χ1n) is 5.84. The molecule has 1 aromatic carbocycles. The van der Waals surface area contributed by atoms with Crippen LogP contribution in [0.4, 0.5) is 10.8 Å². The molecule has 0 fully saturated rings. The van der Waals surface area contributed by atoms with E-state index < -0.39 is 0 Å². The van der Waals surface area contributed by atoms with Gasteiger partial charge in [-0.15, -0.1) is 11.3 Å². The van der Waals surface area contributed by atoms with E-state index in [4.69, 9.17) is 17.3 Å². The highest BCUT2D eigenvalue weighted by Gasteiger charge is 2.12. The van der Waals surface area contributed by atoms with Gasteiger partial charge in [-0.05, 0) is 31.5 Å². The maximum atomic E-state index is 12.0. The third-order valence-corrected chi connectivity index (χ3v) is 3.97. The zero-order valence-electron chi connectivity index (χ0n) is 10.7. The van der Waals surface area contributed by atoms with Crippen molar-refractivity contribution in [3.05, 3.63) is 39.4 Å². The van der Waals surface area contributed by atoms with Crippen LogP contribution >= 0.6 is 22.9 Å². The number of carbonyl (C=O) groups excluding carboxylic acids is 1. The topological polar surface area (TPSA) is 68.0 Å². The summed E-state index contributed by atoms with van der Waals surface area (Å²) in [6.45, 7) is 4.03. The lowest BCUT2D eigenvalue weighted by Gasteiger charge is -2.03. The smallest absolute Gasteiger partial charge is 0.257 e. The van der Waals surface area contributed by atoms with Crippen LogP contribution < -0.4 is 11.1 Å². The second-order valence-electron chi connectivity index (χ2n) is 4.07. The molecule has 4 nitrogen and oxygen atoms in total. The number of nitrogens with zero attached hydrogens (tertiary/aromatic N) is 1. The number of halogens is 1. The number of nitrogens with two attached hydrogens (primary N) is 1. The van der Waals surface area contributed by atoms with E-state index in [0.717, 1.165) is 17.0 Å². The van der Waals surface area contributed by atoms with Crippen LogP contribution in [-0.2, 0) is 6.42 Å². The van der Waals surface area contributed by atoms with E-state index in [9.17, 15) is 4.79 Å². The monoisotopic (exact) mass is 295 g/mol. The van der Waals surface area contributed by atoms with Gasteiger partial charge in [0.1, 0.15) is 0 Å². The number of rotatable bonds is 3. The number of nitrogen functional groups attached to an aromatic ring is 1. The summed E-state index contributed by atoms with van der Waals surface area (Å²) in [6, 6.07) is 4.80. The molecule has 0 bridgehead atoms. The molecule has 0 aliphatic rings. The molecule has 1 aromatic heterocycles. The summed E-state index contributed by atoms with van der Waals surface area (Å²) in [4.78, 5) is 17.5. The molecule has 100 valence electrons. The predicted octanol–water partition coefficient (Wildman–Crippen LogP) is 3.50. The molecule has 0 saturated carbocycles. The molecule has 0 saturated heterocycles. The van der Waals surface area contributed by atoms with Crippen molar-refractivity contribution in [2.45, 2.75) is 20.3 Å². The number of nitrogens with one attached hydrogen (secondary N) is 1. The lowest BCUT2D eigenvalue weighted by Crippen LogP contribution is -2.11. The van der Waals surface area contributed by atoms with Crippen molar-refractivity contribution >= 4 is 39.7 Å². The van der Waals surface area contributed by atoms with Crippen LogP contribution in [0.3, 0.4) is 0 Å². The molecule has 0 spiro atoms. The van der Waals surface area contributed by atoms with E-state index in [2.05, 4.69) is 10.3 Å². The van der Waals surface area contributed by atoms with Crippen molar-refractivity contribution in [2.75, 3.05) is 11.1 Å². The molecule has 1 amide bonds. The number of thiazole rings is 1. The Morgan fingerprint density at radius 2 is 2.26 bits per heavy atom. The summed E-state index contributed by atoms with van der Waals surface area (Å²) in [5.41, 5.74) is 7.54. The SMILES string of the molecule is CCc1nc(NC(=O)c2ccc(N)c(Cl)c2)sc1C. The van der Waals surface area contributed by atoms with Gasteiger partial charge in [-0.25, -0.2) is 4.98 Å². The van der Waals surface area contributed by atoms with Crippen molar-refractivity contribution in [1.82, 2.24) is 4.98 Å². The number of anilines is 2. The Hall–Kier alpha value is -1.59. The molecule has 0 aliphatic carbocycles. The lowest BCUT2D eigenvalue weighted by atomic mass is 10.2. The summed E-state index contributed by atoms with van der Waals surface area (Å²) in [7, 11) is 0. The average molecular weight is 296 g/mol. The van der Waals surface area contributed by atoms with Crippen molar-refractivity contribution in [1.29, 1.82) is 0 Å². The van der Waals surface area contributed by atoms with E-state index >= 15 is 0 Å². The second-order valence-corrected chi connectivity index (χ2v) is 5.68. The van der Waals surface area contributed by atoms with Gasteiger partial charge in [0, 0.05) is 10.4 Å². The van der Waals surface area contributed by atoms with Crippen LogP contribution in [0.5, 0.6) is 0 Å². The largest absolute Gasteiger partial charge is 0.398 e. The maximum Gasteiger partial charge on any atom is 0.257 e. The van der Waals surface area contributed by atoms with Crippen molar-refractivity contribution in [2.24, 2.45) is 0 Å². The normalized spacial score (nSPS) is 10.5. The van der Waals surface area contributed by atoms with Gasteiger partial charge in [0.15, 0.2) is 5.13 Å². The minimum Gasteiger partial charge on any atom is -0.398 e. The third kappa shape index (κ3) is 3.05. The van der Waals surface area contributed by atoms with Crippen LogP contribution in [0.1, 0.15) is 27.9 Å². The summed E-state index contributed by atoms with van der Waals surface area (Å²) >= 11 is 7.36. The molecule has 2 aromatic rings. The molecule has 1 heterocycles. The zero-order valence-corrected chi connectivity index (χ0v) is 12.2. The third-order valence-electron chi connectivity index (χ3n) is 2.71. The van der Waals surface area contributed by atoms with Gasteiger partial charge in [-0.1, -0.05) is 18.5 Å². The fourth-order valence-corrected chi connectivity index (χ4v) is 2.73. The molecule has 0 atom stereocenters. The first kappa shape index (κ1) is 13.8. The Morgan fingerprint density at radius 3 is 2.84 bits per heavy atom. The fourth-order valence-electron chi connectivity index (χ4n) is 1.65. The Bertz CT molecular complexity index is 624. The van der Waals surface area contributed by atoms with Gasteiger partial charge in [0.2, 0.25) is 0 Å². The summed E-state index contributed by atoms with van der Waals surface area (Å²) in [5.74, 6) is -0.238. The highest BCUT2D eigenvalue weighted by atomic mass is 35.5. The fraction of sp³-hybridized carbons (Fsp3) is 0.231. The second kappa shape index (κ2) is 5.59. The standard InChI is InChI=1S/C13H14ClN3OS/c1-3-11-7(2)19-13(16-11)17-12(18)8-4-5-10(15)9(14)6-8/h4-6H,3,15H2,1-2H3,(H,16,17,18). The average Bonchev–Trinajstić information content (AvgIpc) is 2.72. The maximum absolute atomic E-state index is 12.0. The van der Waals surface area contributed by atoms with Crippen LogP contribution in [0.2, 0.25) is 5.02 Å². The molecular formula is C13H14ClN3OS. The molecular weight excluding hydrogens is 282 g/mol. The van der Waals surface area contributed by atoms with Crippen LogP contribution in [-0.4, -0.2) is 10.9 Å². The first-order chi connectivity index (χ1) is 9.01. The Balaban J connectivity index is 2.18. The molecule has 19 heavy (non-hydrogen) atoms. The lowest BCUT2D eigenvalue weighted by molar-refractivity contribution is 0.102. The van der Waals surface area contributed by atoms with E-state index in [1.807, 2.05) is 13.8 Å². The summed E-state index contributed by atoms with van der Waals surface area (Å²) in [5, 5.41) is 3.75. The van der Waals surface area contributed by atoms with Gasteiger partial charge in [0.05, 0.1) is 16.4 Å². The number of benzene rings is 1. The number of aromatic nitrogens is 1. The van der Waals surface area contributed by atoms with Crippen LogP contribution in [0, 0.1) is 6.92 Å². The Labute approximate surface area is 120 Å². The number of amides is 1. The molecule has 0 unspecified atom stereocenters. The van der Waals surface area contributed by atoms with E-state index in [1.165, 1.54) is 11.3 Å². The van der Waals surface area contributed by atoms with Crippen LogP contribution in [0.25, 0.3) is 0 Å². The van der Waals surface area contributed by atoms with E-state index in [-0.39, 0.29) is 5.91 Å². The first-order valence-corrected chi connectivity index (χ1v) is 7.03. The minimum absolute atomic E-state index is 0.238. The van der Waals surface area contributed by atoms with Gasteiger partial charge in [-0.3, -0.25) is 10.1 Å². The van der Waals surface area contributed by atoms with Crippen molar-refractivity contribution < 1.29 is 4.79 Å². The number of hydrogen-bond acceptors (Lipinski definition) is 4. The minimum atomic E-state index is -0.238. The van der Waals surface area contributed by atoms with E-state index in [0.29, 0.717) is 21.4 Å². The van der Waals surface area contributed by atoms with Crippen molar-refractivity contribution in [3.8, 4) is 0 Å². The van der Waals surface area contributed by atoms with Gasteiger partial charge in [0.25, 0.3) is 5.91 Å². The Kier molecular flexibility index (Phi) is 4.07. The van der Waals surface area contributed by atoms with Gasteiger partial charge < -0.3 is 5.73 Å². The number of hydrogen-bond donors (Lipinski definition) is 2. The molecule has 0 radical (unpaired) electrons. The molecule has 0 aliphatic heterocycles. The van der Waals surface area contributed by atoms with Crippen molar-refractivity contribution in [3.63, 3.8) is 0 Å². The highest BCUT2D eigenvalue weighted by Crippen LogP contribution is 2.24. The number of aryl methyl sites for hydroxylation is 2. The summed E-state index contributed by atoms with van der Waals surface area (Å²) in [6.07, 6.45) is 0.853. The van der Waals surface area contributed by atoms with Crippen LogP contribution in [0.15, 0.2) is 18.2 Å². The Morgan fingerprint density at radius 1 is 1.53 bits per heavy atom. The van der Waals surface area contributed by atoms with E-state index in [1.54, 1.807) is 18.2 Å². The van der Waals surface area contributed by atoms with Gasteiger partial charge in [-0.2, -0.15) is 0 Å². The quantitative estimate of drug-likeness (QED) is 0.852.